The molecule has 12 nitrogen and oxygen atoms in total. The van der Waals surface area contributed by atoms with Crippen LogP contribution in [0.3, 0.4) is 0 Å². The highest BCUT2D eigenvalue weighted by atomic mass is 19.4. The van der Waals surface area contributed by atoms with Crippen LogP contribution in [0, 0.1) is 0 Å². The van der Waals surface area contributed by atoms with Crippen LogP contribution in [0.1, 0.15) is 41.9 Å². The van der Waals surface area contributed by atoms with E-state index in [9.17, 15) is 40.7 Å². The minimum atomic E-state index is -5.10. The van der Waals surface area contributed by atoms with Gasteiger partial charge in [0.2, 0.25) is 5.91 Å². The number of benzene rings is 1. The van der Waals surface area contributed by atoms with E-state index in [0.29, 0.717) is 23.2 Å². The molecule has 0 fully saturated rings. The highest BCUT2D eigenvalue weighted by molar-refractivity contribution is 5.96. The van der Waals surface area contributed by atoms with Gasteiger partial charge < -0.3 is 21.3 Å². The third kappa shape index (κ3) is 7.68. The summed E-state index contributed by atoms with van der Waals surface area (Å²) in [5.74, 6) is -3.16. The number of fused-ring (bicyclic) bond motifs is 1. The number of carbonyl (C=O) groups excluding carboxylic acids is 3. The van der Waals surface area contributed by atoms with E-state index in [1.807, 2.05) is 6.92 Å². The van der Waals surface area contributed by atoms with Crippen molar-refractivity contribution >= 4 is 34.9 Å². The second-order valence-corrected chi connectivity index (χ2v) is 9.70. The summed E-state index contributed by atoms with van der Waals surface area (Å²) >= 11 is 0. The number of H-pyrrole nitrogens is 1. The Morgan fingerprint density at radius 1 is 1.04 bits per heavy atom. The fourth-order valence-electron chi connectivity index (χ4n) is 4.32. The number of nitrogens with zero attached hydrogens (tertiary/aromatic N) is 4. The molecule has 3 aromatic heterocycles. The van der Waals surface area contributed by atoms with Crippen molar-refractivity contribution in [1.82, 2.24) is 40.5 Å². The van der Waals surface area contributed by atoms with Crippen molar-refractivity contribution in [3.05, 3.63) is 59.8 Å². The molecular weight excluding hydrogens is 612 g/mol. The van der Waals surface area contributed by atoms with Crippen LogP contribution in [-0.4, -0.2) is 67.6 Å². The minimum absolute atomic E-state index is 0.0426. The van der Waals surface area contributed by atoms with E-state index in [0.717, 1.165) is 13.1 Å². The SMILES string of the molecule is CCc1cc(Nc2nccn3c(-c4c[nH]nc4C(F)(F)F)cnc23)ccc1C(=O)NCCCNC(=O)C(C)NC(=O)C(F)(F)F. The Morgan fingerprint density at radius 2 is 1.78 bits per heavy atom. The third-order valence-electron chi connectivity index (χ3n) is 6.54. The number of amides is 3. The van der Waals surface area contributed by atoms with Gasteiger partial charge in [-0.3, -0.25) is 23.9 Å². The summed E-state index contributed by atoms with van der Waals surface area (Å²) in [6, 6.07) is 3.53. The molecule has 0 bridgehead atoms. The Morgan fingerprint density at radius 3 is 2.47 bits per heavy atom. The predicted molar refractivity (Wildman–Crippen MR) is 148 cm³/mol. The smallest absolute Gasteiger partial charge is 0.354 e. The number of imidazole rings is 1. The van der Waals surface area contributed by atoms with Gasteiger partial charge in [0.1, 0.15) is 6.04 Å². The average Bonchev–Trinajstić information content (AvgIpc) is 3.64. The number of carbonyl (C=O) groups is 3. The zero-order valence-corrected chi connectivity index (χ0v) is 23.7. The number of anilines is 2. The first-order chi connectivity index (χ1) is 21.2. The number of alkyl halides is 6. The van der Waals surface area contributed by atoms with Crippen molar-refractivity contribution in [3.8, 4) is 11.3 Å². The van der Waals surface area contributed by atoms with Crippen molar-refractivity contribution in [3.63, 3.8) is 0 Å². The Bertz CT molecular complexity index is 1700. The van der Waals surface area contributed by atoms with E-state index in [-0.39, 0.29) is 42.2 Å². The monoisotopic (exact) mass is 639 g/mol. The summed E-state index contributed by atoms with van der Waals surface area (Å²) in [5, 5.41) is 15.3. The molecule has 0 saturated carbocycles. The van der Waals surface area contributed by atoms with Crippen molar-refractivity contribution in [1.29, 1.82) is 0 Å². The van der Waals surface area contributed by atoms with Gasteiger partial charge in [0.05, 0.1) is 17.5 Å². The number of halogens is 6. The highest BCUT2D eigenvalue weighted by Gasteiger charge is 2.40. The summed E-state index contributed by atoms with van der Waals surface area (Å²) in [6.07, 6.45) is -3.74. The molecule has 3 amide bonds. The molecule has 45 heavy (non-hydrogen) atoms. The second kappa shape index (κ2) is 13.2. The summed E-state index contributed by atoms with van der Waals surface area (Å²) in [5.41, 5.74) is 0.746. The lowest BCUT2D eigenvalue weighted by molar-refractivity contribution is -0.174. The van der Waals surface area contributed by atoms with E-state index in [2.05, 4.69) is 36.1 Å². The molecule has 1 unspecified atom stereocenters. The van der Waals surface area contributed by atoms with Crippen LogP contribution in [0.2, 0.25) is 0 Å². The Labute approximate surface area is 251 Å². The number of hydrogen-bond donors (Lipinski definition) is 5. The maximum atomic E-state index is 13.4. The summed E-state index contributed by atoms with van der Waals surface area (Å²) < 4.78 is 78.7. The number of nitrogens with one attached hydrogen (secondary N) is 5. The first-order valence-electron chi connectivity index (χ1n) is 13.5. The van der Waals surface area contributed by atoms with E-state index in [1.165, 1.54) is 23.0 Å². The van der Waals surface area contributed by atoms with E-state index >= 15 is 0 Å². The predicted octanol–water partition coefficient (Wildman–Crippen LogP) is 3.75. The van der Waals surface area contributed by atoms with Gasteiger partial charge in [0.25, 0.3) is 5.91 Å². The largest absolute Gasteiger partial charge is 0.471 e. The molecular formula is C27H27F6N9O3. The molecule has 0 aliphatic heterocycles. The standard InChI is InChI=1S/C27H27F6N9O3/c1-3-15-11-16(5-6-17(15)24(44)36-8-4-7-35-23(43)14(2)39-25(45)27(31,32)33)40-21-22-37-13-19(42(22)10-9-34-21)18-12-38-41-20(18)26(28,29)30/h5-6,9-14H,3-4,7-8H2,1-2H3,(H,34,40)(H,35,43)(H,36,44)(H,38,41)(H,39,45). The number of aromatic nitrogens is 5. The van der Waals surface area contributed by atoms with Crippen LogP contribution in [0.15, 0.2) is 43.0 Å². The molecule has 5 N–H and O–H groups in total. The lowest BCUT2D eigenvalue weighted by atomic mass is 10.0. The molecule has 0 aliphatic rings. The molecule has 0 aliphatic carbocycles. The summed E-state index contributed by atoms with van der Waals surface area (Å²) in [6.45, 7) is 3.14. The number of hydrogen-bond acceptors (Lipinski definition) is 7. The second-order valence-electron chi connectivity index (χ2n) is 9.70. The van der Waals surface area contributed by atoms with Crippen LogP contribution in [0.5, 0.6) is 0 Å². The van der Waals surface area contributed by atoms with Gasteiger partial charge in [-0.05, 0) is 43.5 Å². The first kappa shape index (κ1) is 32.7. The molecule has 18 heteroatoms. The molecule has 4 aromatic rings. The van der Waals surface area contributed by atoms with Gasteiger partial charge in [0.15, 0.2) is 17.2 Å². The van der Waals surface area contributed by atoms with Crippen LogP contribution < -0.4 is 21.3 Å². The van der Waals surface area contributed by atoms with Gasteiger partial charge in [-0.25, -0.2) is 9.97 Å². The molecule has 0 radical (unpaired) electrons. The van der Waals surface area contributed by atoms with Gasteiger partial charge in [-0.15, -0.1) is 0 Å². The van der Waals surface area contributed by atoms with Crippen LogP contribution >= 0.6 is 0 Å². The first-order valence-corrected chi connectivity index (χ1v) is 13.5. The van der Waals surface area contributed by atoms with Gasteiger partial charge in [-0.2, -0.15) is 31.4 Å². The van der Waals surface area contributed by atoms with Crippen LogP contribution in [0.4, 0.5) is 37.8 Å². The quantitative estimate of drug-likeness (QED) is 0.124. The third-order valence-corrected chi connectivity index (χ3v) is 6.54. The lowest BCUT2D eigenvalue weighted by Crippen LogP contribution is -2.49. The Hall–Kier alpha value is -5.16. The van der Waals surface area contributed by atoms with Crippen molar-refractivity contribution in [2.75, 3.05) is 18.4 Å². The Balaban J connectivity index is 1.36. The number of rotatable bonds is 11. The van der Waals surface area contributed by atoms with E-state index in [4.69, 9.17) is 0 Å². The fraction of sp³-hybridized carbons (Fsp3) is 0.333. The number of aryl methyl sites for hydroxylation is 1. The van der Waals surface area contributed by atoms with E-state index < -0.39 is 41.8 Å². The maximum Gasteiger partial charge on any atom is 0.471 e. The average molecular weight is 640 g/mol. The lowest BCUT2D eigenvalue weighted by Gasteiger charge is -2.15. The van der Waals surface area contributed by atoms with Crippen molar-refractivity contribution in [2.45, 2.75) is 45.1 Å². The zero-order chi connectivity index (χ0) is 32.9. The fourth-order valence-corrected chi connectivity index (χ4v) is 4.32. The van der Waals surface area contributed by atoms with Crippen molar-refractivity contribution in [2.24, 2.45) is 0 Å². The molecule has 1 aromatic carbocycles. The zero-order valence-electron chi connectivity index (χ0n) is 23.7. The molecule has 0 saturated heterocycles. The molecule has 0 spiro atoms. The highest BCUT2D eigenvalue weighted by Crippen LogP contribution is 2.36. The van der Waals surface area contributed by atoms with Crippen LogP contribution in [0.25, 0.3) is 16.9 Å². The summed E-state index contributed by atoms with van der Waals surface area (Å²) in [7, 11) is 0. The van der Waals surface area contributed by atoms with E-state index in [1.54, 1.807) is 23.5 Å². The minimum Gasteiger partial charge on any atom is -0.354 e. The molecule has 4 rings (SSSR count). The van der Waals surface area contributed by atoms with Gasteiger partial charge in [-0.1, -0.05) is 6.92 Å². The van der Waals surface area contributed by atoms with Crippen molar-refractivity contribution < 1.29 is 40.7 Å². The normalized spacial score (nSPS) is 12.5. The molecule has 240 valence electrons. The number of aromatic amines is 1. The summed E-state index contributed by atoms with van der Waals surface area (Å²) in [4.78, 5) is 44.2. The van der Waals surface area contributed by atoms with Gasteiger partial charge in [0, 0.05) is 42.9 Å². The maximum absolute atomic E-state index is 13.4. The van der Waals surface area contributed by atoms with Crippen LogP contribution in [-0.2, 0) is 22.2 Å². The topological polar surface area (TPSA) is 158 Å². The Kier molecular flexibility index (Phi) is 9.63. The van der Waals surface area contributed by atoms with Gasteiger partial charge >= 0.3 is 18.3 Å². The molecule has 3 heterocycles. The molecule has 1 atom stereocenters.